The third-order valence-electron chi connectivity index (χ3n) is 3.76. The Morgan fingerprint density at radius 3 is 2.50 bits per heavy atom. The van der Waals surface area contributed by atoms with Gasteiger partial charge in [-0.25, -0.2) is 4.39 Å². The summed E-state index contributed by atoms with van der Waals surface area (Å²) in [5, 5.41) is 3.53. The summed E-state index contributed by atoms with van der Waals surface area (Å²) in [5.41, 5.74) is 3.79. The number of hydrogen-bond acceptors (Lipinski definition) is 1. The van der Waals surface area contributed by atoms with E-state index in [-0.39, 0.29) is 5.82 Å². The maximum atomic E-state index is 13.0. The predicted octanol–water partition coefficient (Wildman–Crippen LogP) is 3.81. The summed E-state index contributed by atoms with van der Waals surface area (Å²) in [5.74, 6) is -0.177. The van der Waals surface area contributed by atoms with E-state index in [0.717, 1.165) is 24.9 Å². The van der Waals surface area contributed by atoms with Crippen LogP contribution in [0.5, 0.6) is 0 Å². The molecule has 2 aromatic rings. The minimum absolute atomic E-state index is 0.177. The smallest absolute Gasteiger partial charge is 0.123 e. The molecule has 3 rings (SSSR count). The molecule has 2 heteroatoms. The van der Waals surface area contributed by atoms with Crippen molar-refractivity contribution < 1.29 is 4.39 Å². The first kappa shape index (κ1) is 13.1. The van der Waals surface area contributed by atoms with Crippen LogP contribution in [0.1, 0.15) is 17.5 Å². The summed E-state index contributed by atoms with van der Waals surface area (Å²) < 4.78 is 13.0. The van der Waals surface area contributed by atoms with E-state index in [1.807, 2.05) is 18.2 Å². The highest BCUT2D eigenvalue weighted by Gasteiger charge is 2.16. The highest BCUT2D eigenvalue weighted by molar-refractivity contribution is 5.67. The Kier molecular flexibility index (Phi) is 3.93. The minimum atomic E-state index is -0.177. The molecule has 0 bridgehead atoms. The van der Waals surface area contributed by atoms with Gasteiger partial charge in [0, 0.05) is 12.6 Å². The summed E-state index contributed by atoms with van der Waals surface area (Å²) in [6, 6.07) is 17.8. The number of rotatable bonds is 3. The van der Waals surface area contributed by atoms with Gasteiger partial charge in [0.1, 0.15) is 5.82 Å². The molecule has 2 aromatic carbocycles. The Labute approximate surface area is 119 Å². The van der Waals surface area contributed by atoms with Crippen molar-refractivity contribution in [2.45, 2.75) is 18.9 Å². The summed E-state index contributed by atoms with van der Waals surface area (Å²) in [4.78, 5) is 0. The van der Waals surface area contributed by atoms with Crippen LogP contribution in [0.4, 0.5) is 4.39 Å². The highest BCUT2D eigenvalue weighted by Crippen LogP contribution is 2.24. The second-order valence-corrected chi connectivity index (χ2v) is 5.24. The van der Waals surface area contributed by atoms with Crippen molar-refractivity contribution in [3.63, 3.8) is 0 Å². The van der Waals surface area contributed by atoms with Gasteiger partial charge in [0.2, 0.25) is 0 Å². The number of nitrogens with one attached hydrogen (secondary N) is 1. The largest absolute Gasteiger partial charge is 0.310 e. The average molecular weight is 267 g/mol. The zero-order chi connectivity index (χ0) is 13.8. The molecule has 1 atom stereocenters. The Morgan fingerprint density at radius 1 is 1.00 bits per heavy atom. The second-order valence-electron chi connectivity index (χ2n) is 5.24. The van der Waals surface area contributed by atoms with Crippen LogP contribution in [0.25, 0.3) is 5.57 Å². The summed E-state index contributed by atoms with van der Waals surface area (Å²) >= 11 is 0. The molecule has 20 heavy (non-hydrogen) atoms. The molecule has 1 aliphatic heterocycles. The van der Waals surface area contributed by atoms with Crippen molar-refractivity contribution in [1.82, 2.24) is 5.32 Å². The molecule has 1 heterocycles. The van der Waals surface area contributed by atoms with Crippen molar-refractivity contribution in [1.29, 1.82) is 0 Å². The van der Waals surface area contributed by atoms with E-state index >= 15 is 0 Å². The first-order valence-electron chi connectivity index (χ1n) is 7.03. The molecule has 0 amide bonds. The molecule has 1 N–H and O–H groups in total. The minimum Gasteiger partial charge on any atom is -0.310 e. The van der Waals surface area contributed by atoms with E-state index in [1.165, 1.54) is 23.3 Å². The number of halogens is 1. The summed E-state index contributed by atoms with van der Waals surface area (Å²) in [7, 11) is 0. The molecule has 0 fully saturated rings. The maximum absolute atomic E-state index is 13.0. The van der Waals surface area contributed by atoms with Crippen LogP contribution < -0.4 is 5.32 Å². The monoisotopic (exact) mass is 267 g/mol. The van der Waals surface area contributed by atoms with E-state index < -0.39 is 0 Å². The van der Waals surface area contributed by atoms with Crippen LogP contribution in [0.3, 0.4) is 0 Å². The standard InChI is InChI=1S/C18H18FN/c19-17-8-6-15(7-9-17)16-10-11-20-18(13-16)12-14-4-2-1-3-5-14/h1-10,18,20H,11-13H2. The van der Waals surface area contributed by atoms with Gasteiger partial charge < -0.3 is 5.32 Å². The van der Waals surface area contributed by atoms with Crippen molar-refractivity contribution in [2.75, 3.05) is 6.54 Å². The van der Waals surface area contributed by atoms with Crippen LogP contribution >= 0.6 is 0 Å². The second kappa shape index (κ2) is 6.02. The molecule has 0 saturated heterocycles. The number of benzene rings is 2. The molecule has 1 aliphatic rings. The van der Waals surface area contributed by atoms with Gasteiger partial charge in [-0.1, -0.05) is 48.5 Å². The lowest BCUT2D eigenvalue weighted by atomic mass is 9.92. The molecular weight excluding hydrogens is 249 g/mol. The fourth-order valence-corrected chi connectivity index (χ4v) is 2.71. The fraction of sp³-hybridized carbons (Fsp3) is 0.222. The van der Waals surface area contributed by atoms with Gasteiger partial charge in [0.05, 0.1) is 0 Å². The van der Waals surface area contributed by atoms with Crippen molar-refractivity contribution >= 4 is 5.57 Å². The molecular formula is C18H18FN. The van der Waals surface area contributed by atoms with Gasteiger partial charge in [0.15, 0.2) is 0 Å². The van der Waals surface area contributed by atoms with Crippen molar-refractivity contribution in [3.8, 4) is 0 Å². The quantitative estimate of drug-likeness (QED) is 0.891. The van der Waals surface area contributed by atoms with Crippen LogP contribution in [-0.2, 0) is 6.42 Å². The zero-order valence-electron chi connectivity index (χ0n) is 11.4. The van der Waals surface area contributed by atoms with E-state index in [2.05, 4.69) is 35.7 Å². The predicted molar refractivity (Wildman–Crippen MR) is 80.9 cm³/mol. The molecule has 0 aliphatic carbocycles. The lowest BCUT2D eigenvalue weighted by Gasteiger charge is -2.24. The third-order valence-corrected chi connectivity index (χ3v) is 3.76. The average Bonchev–Trinajstić information content (AvgIpc) is 2.49. The van der Waals surface area contributed by atoms with E-state index in [1.54, 1.807) is 0 Å². The maximum Gasteiger partial charge on any atom is 0.123 e. The van der Waals surface area contributed by atoms with E-state index in [0.29, 0.717) is 6.04 Å². The summed E-state index contributed by atoms with van der Waals surface area (Å²) in [6.07, 6.45) is 4.22. The van der Waals surface area contributed by atoms with E-state index in [4.69, 9.17) is 0 Å². The Bertz CT molecular complexity index is 587. The first-order valence-corrected chi connectivity index (χ1v) is 7.03. The van der Waals surface area contributed by atoms with Gasteiger partial charge in [-0.2, -0.15) is 0 Å². The topological polar surface area (TPSA) is 12.0 Å². The van der Waals surface area contributed by atoms with Gasteiger partial charge in [0.25, 0.3) is 0 Å². The molecule has 102 valence electrons. The van der Waals surface area contributed by atoms with Crippen molar-refractivity contribution in [2.24, 2.45) is 0 Å². The third kappa shape index (κ3) is 3.14. The highest BCUT2D eigenvalue weighted by atomic mass is 19.1. The van der Waals surface area contributed by atoms with Crippen molar-refractivity contribution in [3.05, 3.63) is 77.6 Å². The summed E-state index contributed by atoms with van der Waals surface area (Å²) in [6.45, 7) is 0.879. The van der Waals surface area contributed by atoms with Gasteiger partial charge in [-0.05, 0) is 41.7 Å². The first-order chi connectivity index (χ1) is 9.81. The lowest BCUT2D eigenvalue weighted by molar-refractivity contribution is 0.533. The van der Waals surface area contributed by atoms with Crippen LogP contribution in [0.15, 0.2) is 60.7 Å². The zero-order valence-corrected chi connectivity index (χ0v) is 11.4. The molecule has 0 radical (unpaired) electrons. The normalized spacial score (nSPS) is 18.6. The van der Waals surface area contributed by atoms with Crippen LogP contribution in [0.2, 0.25) is 0 Å². The fourth-order valence-electron chi connectivity index (χ4n) is 2.71. The van der Waals surface area contributed by atoms with Gasteiger partial charge in [-0.15, -0.1) is 0 Å². The van der Waals surface area contributed by atoms with Crippen LogP contribution in [-0.4, -0.2) is 12.6 Å². The van der Waals surface area contributed by atoms with Gasteiger partial charge >= 0.3 is 0 Å². The van der Waals surface area contributed by atoms with Gasteiger partial charge in [-0.3, -0.25) is 0 Å². The van der Waals surface area contributed by atoms with Crippen LogP contribution in [0, 0.1) is 5.82 Å². The molecule has 1 nitrogen and oxygen atoms in total. The Hall–Kier alpha value is -1.93. The molecule has 0 spiro atoms. The molecule has 0 saturated carbocycles. The SMILES string of the molecule is Fc1ccc(C2=CCNC(Cc3ccccc3)C2)cc1. The Morgan fingerprint density at radius 2 is 1.75 bits per heavy atom. The Balaban J connectivity index is 1.70. The molecule has 0 aromatic heterocycles. The number of hydrogen-bond donors (Lipinski definition) is 1. The molecule has 1 unspecified atom stereocenters. The lowest BCUT2D eigenvalue weighted by Crippen LogP contribution is -2.34. The van der Waals surface area contributed by atoms with E-state index in [9.17, 15) is 4.39 Å².